The van der Waals surface area contributed by atoms with Gasteiger partial charge in [0.15, 0.2) is 0 Å². The van der Waals surface area contributed by atoms with E-state index >= 15 is 0 Å². The highest BCUT2D eigenvalue weighted by atomic mass is 16.2. The zero-order valence-electron chi connectivity index (χ0n) is 17.0. The van der Waals surface area contributed by atoms with Gasteiger partial charge in [0, 0.05) is 6.42 Å². The average molecular weight is 367 g/mol. The number of fused-ring (bicyclic) bond motifs is 1. The Morgan fingerprint density at radius 1 is 0.852 bits per heavy atom. The second kappa shape index (κ2) is 12.3. The molecule has 1 amide bonds. The molecule has 0 aromatic heterocycles. The molecular weight excluding hydrogens is 332 g/mol. The van der Waals surface area contributed by atoms with Crippen molar-refractivity contribution < 1.29 is 4.79 Å². The number of rotatable bonds is 12. The lowest BCUT2D eigenvalue weighted by atomic mass is 10.0. The van der Waals surface area contributed by atoms with Crippen molar-refractivity contribution in [2.75, 3.05) is 0 Å². The van der Waals surface area contributed by atoms with Crippen LogP contribution in [0.25, 0.3) is 10.8 Å². The lowest BCUT2D eigenvalue weighted by Gasteiger charge is -2.05. The van der Waals surface area contributed by atoms with Crippen LogP contribution in [-0.4, -0.2) is 11.6 Å². The van der Waals surface area contributed by atoms with Gasteiger partial charge in [-0.15, -0.1) is 0 Å². The summed E-state index contributed by atoms with van der Waals surface area (Å²) in [6.07, 6.45) is 11.9. The molecule has 3 nitrogen and oxygen atoms in total. The van der Waals surface area contributed by atoms with E-state index in [1.54, 1.807) is 0 Å². The van der Waals surface area contributed by atoms with Crippen LogP contribution in [0.5, 0.6) is 0 Å². The number of hydrogen-bond donors (Lipinski definition) is 1. The molecule has 0 radical (unpaired) electrons. The van der Waals surface area contributed by atoms with E-state index in [-0.39, 0.29) is 5.91 Å². The summed E-state index contributed by atoms with van der Waals surface area (Å²) in [5.41, 5.74) is 4.58. The Bertz CT molecular complexity index is 736. The first-order valence-corrected chi connectivity index (χ1v) is 10.5. The number of unbranched alkanes of at least 4 members (excludes halogenated alkanes) is 8. The van der Waals surface area contributed by atoms with Crippen molar-refractivity contribution in [3.05, 3.63) is 48.0 Å². The number of amides is 1. The first-order valence-electron chi connectivity index (χ1n) is 10.5. The minimum atomic E-state index is 0.0121. The number of hydrogen-bond acceptors (Lipinski definition) is 2. The molecule has 0 saturated heterocycles. The van der Waals surface area contributed by atoms with Crippen LogP contribution in [0.15, 0.2) is 47.6 Å². The molecule has 0 fully saturated rings. The van der Waals surface area contributed by atoms with E-state index in [0.717, 1.165) is 24.1 Å². The van der Waals surface area contributed by atoms with E-state index in [1.165, 1.54) is 55.7 Å². The SMILES string of the molecule is CCCCCCCCCCCC(=O)NN=C(C)c1ccc2ccccc2c1. The third kappa shape index (κ3) is 7.94. The number of hydrazone groups is 1. The molecule has 0 aliphatic heterocycles. The highest BCUT2D eigenvalue weighted by molar-refractivity contribution is 6.02. The normalized spacial score (nSPS) is 11.7. The van der Waals surface area contributed by atoms with Crippen molar-refractivity contribution in [3.63, 3.8) is 0 Å². The summed E-state index contributed by atoms with van der Waals surface area (Å²) >= 11 is 0. The maximum Gasteiger partial charge on any atom is 0.240 e. The average Bonchev–Trinajstić information content (AvgIpc) is 2.70. The van der Waals surface area contributed by atoms with E-state index in [0.29, 0.717) is 6.42 Å². The van der Waals surface area contributed by atoms with Gasteiger partial charge in [-0.05, 0) is 35.7 Å². The highest BCUT2D eigenvalue weighted by Gasteiger charge is 2.03. The Kier molecular flexibility index (Phi) is 9.61. The van der Waals surface area contributed by atoms with Crippen LogP contribution in [-0.2, 0) is 4.79 Å². The maximum absolute atomic E-state index is 12.0. The third-order valence-corrected chi connectivity index (χ3v) is 5.02. The van der Waals surface area contributed by atoms with Crippen LogP contribution >= 0.6 is 0 Å². The van der Waals surface area contributed by atoms with Gasteiger partial charge < -0.3 is 0 Å². The summed E-state index contributed by atoms with van der Waals surface area (Å²) in [7, 11) is 0. The van der Waals surface area contributed by atoms with Crippen LogP contribution in [0, 0.1) is 0 Å². The molecular formula is C24H34N2O. The van der Waals surface area contributed by atoms with Gasteiger partial charge in [-0.3, -0.25) is 4.79 Å². The van der Waals surface area contributed by atoms with Crippen LogP contribution in [0.3, 0.4) is 0 Å². The minimum absolute atomic E-state index is 0.0121. The zero-order chi connectivity index (χ0) is 19.3. The Balaban J connectivity index is 1.65. The molecule has 0 saturated carbocycles. The molecule has 2 aromatic rings. The smallest absolute Gasteiger partial charge is 0.240 e. The standard InChI is InChI=1S/C24H34N2O/c1-3-4-5-6-7-8-9-10-11-16-24(27)26-25-20(2)22-18-17-21-14-12-13-15-23(21)19-22/h12-15,17-19H,3-11,16H2,1-2H3,(H,26,27). The van der Waals surface area contributed by atoms with Crippen molar-refractivity contribution in [3.8, 4) is 0 Å². The number of nitrogens with zero attached hydrogens (tertiary/aromatic N) is 1. The largest absolute Gasteiger partial charge is 0.273 e. The second-order valence-corrected chi connectivity index (χ2v) is 7.37. The maximum atomic E-state index is 12.0. The van der Waals surface area contributed by atoms with E-state index < -0.39 is 0 Å². The number of benzene rings is 2. The summed E-state index contributed by atoms with van der Waals surface area (Å²) < 4.78 is 0. The predicted octanol–water partition coefficient (Wildman–Crippen LogP) is 6.60. The Morgan fingerprint density at radius 3 is 2.19 bits per heavy atom. The van der Waals surface area contributed by atoms with Gasteiger partial charge in [-0.25, -0.2) is 5.43 Å². The summed E-state index contributed by atoms with van der Waals surface area (Å²) in [4.78, 5) is 12.0. The van der Waals surface area contributed by atoms with Crippen molar-refractivity contribution in [1.82, 2.24) is 5.43 Å². The summed E-state index contributed by atoms with van der Waals surface area (Å²) in [6.45, 7) is 4.18. The first kappa shape index (κ1) is 21.1. The Labute approximate surface area is 164 Å². The fourth-order valence-electron chi connectivity index (χ4n) is 3.28. The molecule has 0 bridgehead atoms. The molecule has 3 heteroatoms. The lowest BCUT2D eigenvalue weighted by molar-refractivity contribution is -0.121. The van der Waals surface area contributed by atoms with Crippen LogP contribution in [0.4, 0.5) is 0 Å². The van der Waals surface area contributed by atoms with Crippen molar-refractivity contribution in [2.24, 2.45) is 5.10 Å². The van der Waals surface area contributed by atoms with Gasteiger partial charge in [0.1, 0.15) is 0 Å². The van der Waals surface area contributed by atoms with E-state index in [9.17, 15) is 4.79 Å². The molecule has 0 atom stereocenters. The molecule has 146 valence electrons. The molecule has 1 N–H and O–H groups in total. The van der Waals surface area contributed by atoms with Crippen molar-refractivity contribution in [2.45, 2.75) is 78.1 Å². The topological polar surface area (TPSA) is 41.5 Å². The van der Waals surface area contributed by atoms with E-state index in [2.05, 4.69) is 41.7 Å². The molecule has 2 aromatic carbocycles. The fraction of sp³-hybridized carbons (Fsp3) is 0.500. The number of nitrogens with one attached hydrogen (secondary N) is 1. The monoisotopic (exact) mass is 366 g/mol. The lowest BCUT2D eigenvalue weighted by Crippen LogP contribution is -2.18. The van der Waals surface area contributed by atoms with Crippen LogP contribution in [0.2, 0.25) is 0 Å². The molecule has 0 unspecified atom stereocenters. The second-order valence-electron chi connectivity index (χ2n) is 7.37. The van der Waals surface area contributed by atoms with Crippen molar-refractivity contribution in [1.29, 1.82) is 0 Å². The quantitative estimate of drug-likeness (QED) is 0.256. The summed E-state index contributed by atoms with van der Waals surface area (Å²) in [6, 6.07) is 14.5. The molecule has 2 rings (SSSR count). The summed E-state index contributed by atoms with van der Waals surface area (Å²) in [5.74, 6) is 0.0121. The van der Waals surface area contributed by atoms with Gasteiger partial charge in [0.05, 0.1) is 5.71 Å². The first-order chi connectivity index (χ1) is 13.2. The van der Waals surface area contributed by atoms with E-state index in [4.69, 9.17) is 0 Å². The van der Waals surface area contributed by atoms with Crippen LogP contribution in [0.1, 0.15) is 83.6 Å². The molecule has 0 aliphatic rings. The van der Waals surface area contributed by atoms with Crippen LogP contribution < -0.4 is 5.43 Å². The molecule has 27 heavy (non-hydrogen) atoms. The number of carbonyl (C=O) groups is 1. The van der Waals surface area contributed by atoms with Gasteiger partial charge in [0.25, 0.3) is 0 Å². The molecule has 0 spiro atoms. The van der Waals surface area contributed by atoms with Gasteiger partial charge in [-0.2, -0.15) is 5.10 Å². The Hall–Kier alpha value is -2.16. The fourth-order valence-corrected chi connectivity index (χ4v) is 3.28. The molecule has 0 aliphatic carbocycles. The van der Waals surface area contributed by atoms with E-state index in [1.807, 2.05) is 25.1 Å². The Morgan fingerprint density at radius 2 is 1.48 bits per heavy atom. The van der Waals surface area contributed by atoms with Crippen molar-refractivity contribution >= 4 is 22.4 Å². The minimum Gasteiger partial charge on any atom is -0.273 e. The molecule has 0 heterocycles. The van der Waals surface area contributed by atoms with Gasteiger partial charge >= 0.3 is 0 Å². The predicted molar refractivity (Wildman–Crippen MR) is 116 cm³/mol. The van der Waals surface area contributed by atoms with Gasteiger partial charge in [-0.1, -0.05) is 94.7 Å². The highest BCUT2D eigenvalue weighted by Crippen LogP contribution is 2.16. The zero-order valence-corrected chi connectivity index (χ0v) is 17.0. The summed E-state index contributed by atoms with van der Waals surface area (Å²) in [5, 5.41) is 6.67. The van der Waals surface area contributed by atoms with Gasteiger partial charge in [0.2, 0.25) is 5.91 Å². The third-order valence-electron chi connectivity index (χ3n) is 5.02. The number of carbonyl (C=O) groups excluding carboxylic acids is 1.